The molecule has 25 heavy (non-hydrogen) atoms. The number of nitrogens with zero attached hydrogens (tertiary/aromatic N) is 4. The van der Waals surface area contributed by atoms with Crippen LogP contribution < -0.4 is 0 Å². The number of rotatable bonds is 6. The topological polar surface area (TPSA) is 43.6 Å². The predicted molar refractivity (Wildman–Crippen MR) is 105 cm³/mol. The second-order valence-corrected chi connectivity index (χ2v) is 8.36. The van der Waals surface area contributed by atoms with Gasteiger partial charge in [-0.3, -0.25) is 0 Å². The molecule has 0 radical (unpaired) electrons. The van der Waals surface area contributed by atoms with Gasteiger partial charge in [0.1, 0.15) is 0 Å². The van der Waals surface area contributed by atoms with Gasteiger partial charge in [0, 0.05) is 24.6 Å². The Kier molecular flexibility index (Phi) is 4.96. The van der Waals surface area contributed by atoms with E-state index in [1.54, 1.807) is 34.4 Å². The number of hydrogen-bond donors (Lipinski definition) is 0. The van der Waals surface area contributed by atoms with E-state index in [4.69, 9.17) is 4.98 Å². The molecule has 1 aromatic carbocycles. The van der Waals surface area contributed by atoms with Crippen LogP contribution in [0.1, 0.15) is 16.3 Å². The Morgan fingerprint density at radius 2 is 1.92 bits per heavy atom. The fourth-order valence-electron chi connectivity index (χ4n) is 2.47. The Labute approximate surface area is 158 Å². The molecule has 0 aliphatic rings. The summed E-state index contributed by atoms with van der Waals surface area (Å²) in [6.45, 7) is 0. The average Bonchev–Trinajstić information content (AvgIpc) is 3.36. The largest absolute Gasteiger partial charge is 0.304 e. The second-order valence-electron chi connectivity index (χ2n) is 5.53. The molecule has 0 saturated heterocycles. The monoisotopic (exact) mass is 384 g/mol. The predicted octanol–water partition coefficient (Wildman–Crippen LogP) is 4.88. The van der Waals surface area contributed by atoms with Gasteiger partial charge >= 0.3 is 0 Å². The molecule has 7 heteroatoms. The van der Waals surface area contributed by atoms with E-state index in [1.165, 1.54) is 5.56 Å². The average molecular weight is 385 g/mol. The van der Waals surface area contributed by atoms with E-state index in [9.17, 15) is 0 Å². The molecule has 0 unspecified atom stereocenters. The molecule has 4 rings (SSSR count). The van der Waals surface area contributed by atoms with Crippen molar-refractivity contribution in [2.45, 2.75) is 17.3 Å². The summed E-state index contributed by atoms with van der Waals surface area (Å²) in [6, 6.07) is 14.6. The van der Waals surface area contributed by atoms with Crippen molar-refractivity contribution < 1.29 is 0 Å². The van der Waals surface area contributed by atoms with Crippen LogP contribution in [0.2, 0.25) is 0 Å². The van der Waals surface area contributed by atoms with Crippen LogP contribution in [0.3, 0.4) is 0 Å². The van der Waals surface area contributed by atoms with E-state index in [1.807, 2.05) is 23.7 Å². The zero-order valence-electron chi connectivity index (χ0n) is 13.6. The molecular weight excluding hydrogens is 368 g/mol. The van der Waals surface area contributed by atoms with Gasteiger partial charge in [0.25, 0.3) is 0 Å². The van der Waals surface area contributed by atoms with Crippen LogP contribution in [0.5, 0.6) is 0 Å². The summed E-state index contributed by atoms with van der Waals surface area (Å²) in [5, 5.41) is 14.9. The van der Waals surface area contributed by atoms with Crippen molar-refractivity contribution in [2.75, 3.05) is 0 Å². The van der Waals surface area contributed by atoms with Crippen molar-refractivity contribution in [2.24, 2.45) is 7.05 Å². The molecule has 0 aliphatic heterocycles. The maximum Gasteiger partial charge on any atom is 0.191 e. The van der Waals surface area contributed by atoms with Crippen LogP contribution in [0.15, 0.2) is 58.4 Å². The number of benzene rings is 1. The van der Waals surface area contributed by atoms with E-state index >= 15 is 0 Å². The Bertz CT molecular complexity index is 942. The molecule has 0 spiro atoms. The molecule has 0 aliphatic carbocycles. The van der Waals surface area contributed by atoms with Gasteiger partial charge in [-0.05, 0) is 17.0 Å². The third kappa shape index (κ3) is 3.84. The van der Waals surface area contributed by atoms with E-state index in [2.05, 4.69) is 51.3 Å². The molecule has 4 nitrogen and oxygen atoms in total. The standard InChI is InChI=1S/C18H16N4S3/c1-22-17(15-8-5-9-23-15)20-21-18(22)25-12-14-11-24-16(19-14)10-13-6-3-2-4-7-13/h2-9,11H,10,12H2,1H3. The molecule has 126 valence electrons. The maximum absolute atomic E-state index is 4.75. The van der Waals surface area contributed by atoms with Crippen molar-refractivity contribution in [3.05, 3.63) is 69.5 Å². The van der Waals surface area contributed by atoms with Crippen molar-refractivity contribution in [3.63, 3.8) is 0 Å². The van der Waals surface area contributed by atoms with Gasteiger partial charge in [-0.25, -0.2) is 4.98 Å². The Balaban J connectivity index is 1.41. The highest BCUT2D eigenvalue weighted by Crippen LogP contribution is 2.28. The number of hydrogen-bond acceptors (Lipinski definition) is 6. The van der Waals surface area contributed by atoms with Gasteiger partial charge in [-0.1, -0.05) is 48.2 Å². The van der Waals surface area contributed by atoms with Gasteiger partial charge in [-0.15, -0.1) is 32.9 Å². The Hall–Kier alpha value is -1.96. The summed E-state index contributed by atoms with van der Waals surface area (Å²) < 4.78 is 2.05. The van der Waals surface area contributed by atoms with E-state index in [0.29, 0.717) is 0 Å². The van der Waals surface area contributed by atoms with Gasteiger partial charge in [0.2, 0.25) is 0 Å². The molecule has 4 aromatic rings. The lowest BCUT2D eigenvalue weighted by Crippen LogP contribution is -1.94. The van der Waals surface area contributed by atoms with Crippen molar-refractivity contribution in [1.29, 1.82) is 0 Å². The first-order valence-corrected chi connectivity index (χ1v) is 10.6. The fourth-order valence-corrected chi connectivity index (χ4v) is 4.95. The highest BCUT2D eigenvalue weighted by atomic mass is 32.2. The van der Waals surface area contributed by atoms with Crippen molar-refractivity contribution in [1.82, 2.24) is 19.7 Å². The molecule has 0 atom stereocenters. The number of thiazole rings is 1. The molecular formula is C18H16N4S3. The quantitative estimate of drug-likeness (QED) is 0.444. The lowest BCUT2D eigenvalue weighted by Gasteiger charge is -2.01. The van der Waals surface area contributed by atoms with E-state index in [-0.39, 0.29) is 0 Å². The van der Waals surface area contributed by atoms with Gasteiger partial charge in [-0.2, -0.15) is 0 Å². The minimum absolute atomic E-state index is 0.807. The first-order chi connectivity index (χ1) is 12.3. The highest BCUT2D eigenvalue weighted by Gasteiger charge is 2.13. The lowest BCUT2D eigenvalue weighted by atomic mass is 10.2. The van der Waals surface area contributed by atoms with Crippen LogP contribution in [0.25, 0.3) is 10.7 Å². The molecule has 0 bridgehead atoms. The minimum atomic E-state index is 0.807. The fraction of sp³-hybridized carbons (Fsp3) is 0.167. The third-order valence-corrected chi connectivity index (χ3v) is 6.54. The van der Waals surface area contributed by atoms with E-state index in [0.717, 1.165) is 38.7 Å². The summed E-state index contributed by atoms with van der Waals surface area (Å²) in [5.41, 5.74) is 2.39. The number of aromatic nitrogens is 4. The second kappa shape index (κ2) is 7.51. The first kappa shape index (κ1) is 16.5. The van der Waals surface area contributed by atoms with Crippen LogP contribution in [0, 0.1) is 0 Å². The van der Waals surface area contributed by atoms with Crippen LogP contribution in [0.4, 0.5) is 0 Å². The lowest BCUT2D eigenvalue weighted by molar-refractivity contribution is 0.794. The summed E-state index contributed by atoms with van der Waals surface area (Å²) in [7, 11) is 2.01. The smallest absolute Gasteiger partial charge is 0.191 e. The summed E-state index contributed by atoms with van der Waals surface area (Å²) >= 11 is 5.08. The molecule has 3 heterocycles. The summed E-state index contributed by atoms with van der Waals surface area (Å²) in [5.74, 6) is 1.72. The normalized spacial score (nSPS) is 11.1. The zero-order valence-corrected chi connectivity index (χ0v) is 16.1. The maximum atomic E-state index is 4.75. The number of thioether (sulfide) groups is 1. The van der Waals surface area contributed by atoms with Gasteiger partial charge < -0.3 is 4.57 Å². The van der Waals surface area contributed by atoms with E-state index < -0.39 is 0 Å². The molecule has 0 amide bonds. The SMILES string of the molecule is Cn1c(SCc2csc(Cc3ccccc3)n2)nnc1-c1cccs1. The Morgan fingerprint density at radius 1 is 1.04 bits per heavy atom. The van der Waals surface area contributed by atoms with Crippen molar-refractivity contribution >= 4 is 34.4 Å². The molecule has 0 N–H and O–H groups in total. The molecule has 3 aromatic heterocycles. The molecule has 0 fully saturated rings. The molecule has 0 saturated carbocycles. The zero-order chi connectivity index (χ0) is 17.1. The van der Waals surface area contributed by atoms with Gasteiger partial charge in [0.05, 0.1) is 15.6 Å². The summed E-state index contributed by atoms with van der Waals surface area (Å²) in [4.78, 5) is 5.89. The Morgan fingerprint density at radius 3 is 2.72 bits per heavy atom. The summed E-state index contributed by atoms with van der Waals surface area (Å²) in [6.07, 6.45) is 0.892. The van der Waals surface area contributed by atoms with Crippen LogP contribution in [-0.2, 0) is 19.2 Å². The first-order valence-electron chi connectivity index (χ1n) is 7.83. The third-order valence-electron chi connectivity index (χ3n) is 3.72. The van der Waals surface area contributed by atoms with Crippen LogP contribution in [-0.4, -0.2) is 19.7 Å². The van der Waals surface area contributed by atoms with Crippen molar-refractivity contribution in [3.8, 4) is 10.7 Å². The highest BCUT2D eigenvalue weighted by molar-refractivity contribution is 7.98. The van der Waals surface area contributed by atoms with Gasteiger partial charge in [0.15, 0.2) is 11.0 Å². The van der Waals surface area contributed by atoms with Crippen LogP contribution >= 0.6 is 34.4 Å². The minimum Gasteiger partial charge on any atom is -0.304 e. The number of thiophene rings is 1.